The maximum Gasteiger partial charge on any atom is 0.325 e. The molecule has 0 heterocycles. The lowest BCUT2D eigenvalue weighted by molar-refractivity contribution is -0.142. The van der Waals surface area contributed by atoms with Crippen molar-refractivity contribution in [2.45, 2.75) is 150 Å². The maximum absolute atomic E-state index is 13.7. The van der Waals surface area contributed by atoms with Crippen molar-refractivity contribution in [3.63, 3.8) is 0 Å². The van der Waals surface area contributed by atoms with Gasteiger partial charge >= 0.3 is 11.9 Å². The van der Waals surface area contributed by atoms with Crippen molar-refractivity contribution in [2.75, 3.05) is 6.54 Å². The van der Waals surface area contributed by atoms with Crippen LogP contribution in [0.25, 0.3) is 0 Å². The number of carboxylic acids is 2. The Kier molecular flexibility index (Phi) is 21.9. The minimum atomic E-state index is -1.20. The molecule has 8 atom stereocenters. The van der Waals surface area contributed by atoms with E-state index in [1.165, 1.54) is 6.92 Å². The molecule has 0 unspecified atom stereocenters. The first-order chi connectivity index (χ1) is 23.7. The van der Waals surface area contributed by atoms with Gasteiger partial charge in [0.2, 0.25) is 29.5 Å². The van der Waals surface area contributed by atoms with E-state index in [1.54, 1.807) is 20.8 Å². The van der Waals surface area contributed by atoms with E-state index in [0.29, 0.717) is 25.7 Å². The Hall–Kier alpha value is -3.79. The fourth-order valence-corrected chi connectivity index (χ4v) is 5.30. The van der Waals surface area contributed by atoms with Gasteiger partial charge in [-0.25, -0.2) is 0 Å². The molecule has 0 radical (unpaired) electrons. The van der Waals surface area contributed by atoms with Crippen LogP contribution in [-0.4, -0.2) is 101 Å². The van der Waals surface area contributed by atoms with Gasteiger partial charge in [-0.05, 0) is 49.9 Å². The summed E-state index contributed by atoms with van der Waals surface area (Å²) in [6.07, 6.45) is 1.56. The van der Waals surface area contributed by atoms with Gasteiger partial charge < -0.3 is 47.8 Å². The van der Waals surface area contributed by atoms with E-state index in [1.807, 2.05) is 41.5 Å². The van der Waals surface area contributed by atoms with Crippen LogP contribution < -0.4 is 37.6 Å². The molecule has 0 fully saturated rings. The molecule has 16 heteroatoms. The fraction of sp³-hybridized carbons (Fsp3) is 0.800. The highest BCUT2D eigenvalue weighted by molar-refractivity contribution is 5.94. The van der Waals surface area contributed by atoms with Gasteiger partial charge in [-0.2, -0.15) is 0 Å². The lowest BCUT2D eigenvalue weighted by atomic mass is 9.96. The number of aliphatic carboxylic acids is 2. The summed E-state index contributed by atoms with van der Waals surface area (Å²) in [6, 6.07) is -6.36. The van der Waals surface area contributed by atoms with Crippen LogP contribution >= 0.6 is 0 Å². The molecule has 0 spiro atoms. The molecule has 51 heavy (non-hydrogen) atoms. The molecule has 0 rings (SSSR count). The predicted molar refractivity (Wildman–Crippen MR) is 193 cm³/mol. The summed E-state index contributed by atoms with van der Waals surface area (Å²) in [5.74, 6) is -5.71. The molecule has 16 nitrogen and oxygen atoms in total. The highest BCUT2D eigenvalue weighted by atomic mass is 16.4. The van der Waals surface area contributed by atoms with Gasteiger partial charge in [0.1, 0.15) is 24.2 Å². The molecule has 294 valence electrons. The Balaban J connectivity index is 5.88. The molecule has 0 aliphatic rings. The van der Waals surface area contributed by atoms with E-state index in [4.69, 9.17) is 10.8 Å². The minimum Gasteiger partial charge on any atom is -0.481 e. The highest BCUT2D eigenvalue weighted by Crippen LogP contribution is 2.12. The number of rotatable bonds is 25. The maximum atomic E-state index is 13.7. The first kappa shape index (κ1) is 47.2. The van der Waals surface area contributed by atoms with Gasteiger partial charge in [-0.15, -0.1) is 0 Å². The molecular weight excluding hydrogens is 662 g/mol. The number of hydrogen-bond acceptors (Lipinski definition) is 9. The standard InChI is InChI=1S/C35H65N7O9/c1-11-13-25(40-34(49)29(21(9)12-2)42-30(45)24(36)14-15-26(43)44)31(46)39-23(16-18(3)4)17-37-27(19(5)6)32(47)41-28(20(7)8)33(48)38-22(10)35(50)51/h18-25,27-29,37H,11-17,36H2,1-10H3,(H,38,48)(H,39,46)(H,40,49)(H,41,47)(H,42,45)(H,43,44)(H,50,51)/t21-,22-,23-,24-,25-,27-,28-,29-/m0/s1. The Morgan fingerprint density at radius 2 is 1.16 bits per heavy atom. The van der Waals surface area contributed by atoms with E-state index >= 15 is 0 Å². The van der Waals surface area contributed by atoms with Crippen molar-refractivity contribution in [3.05, 3.63) is 0 Å². The highest BCUT2D eigenvalue weighted by Gasteiger charge is 2.33. The Morgan fingerprint density at radius 3 is 1.63 bits per heavy atom. The SMILES string of the molecule is CCC[C@H](NC(=O)[C@@H](NC(=O)[C@@H](N)CCC(=O)O)[C@@H](C)CC)C(=O)N[C@H](CN[C@H](C(=O)N[C@H](C(=O)N[C@@H](C)C(=O)O)C(C)C)C(C)C)CC(C)C. The van der Waals surface area contributed by atoms with Gasteiger partial charge in [0.05, 0.1) is 12.1 Å². The monoisotopic (exact) mass is 727 g/mol. The van der Waals surface area contributed by atoms with E-state index in [9.17, 15) is 38.7 Å². The van der Waals surface area contributed by atoms with Gasteiger partial charge in [0.25, 0.3) is 0 Å². The van der Waals surface area contributed by atoms with E-state index < -0.39 is 83.8 Å². The summed E-state index contributed by atoms with van der Waals surface area (Å²) < 4.78 is 0. The van der Waals surface area contributed by atoms with Crippen molar-refractivity contribution >= 4 is 41.5 Å². The van der Waals surface area contributed by atoms with Crippen molar-refractivity contribution in [1.82, 2.24) is 31.9 Å². The molecule has 0 aliphatic carbocycles. The molecule has 10 N–H and O–H groups in total. The zero-order chi connectivity index (χ0) is 39.6. The lowest BCUT2D eigenvalue weighted by Gasteiger charge is -2.30. The molecular formula is C35H65N7O9. The van der Waals surface area contributed by atoms with Gasteiger partial charge in [-0.3, -0.25) is 33.6 Å². The quantitative estimate of drug-likeness (QED) is 0.0638. The summed E-state index contributed by atoms with van der Waals surface area (Å²) in [7, 11) is 0. The molecule has 0 saturated carbocycles. The third-order valence-corrected chi connectivity index (χ3v) is 8.62. The summed E-state index contributed by atoms with van der Waals surface area (Å²) >= 11 is 0. The van der Waals surface area contributed by atoms with Gasteiger partial charge in [0, 0.05) is 19.0 Å². The van der Waals surface area contributed by atoms with E-state index in [-0.39, 0.29) is 43.1 Å². The first-order valence-electron chi connectivity index (χ1n) is 18.1. The smallest absolute Gasteiger partial charge is 0.325 e. The van der Waals surface area contributed by atoms with Crippen LogP contribution in [0.5, 0.6) is 0 Å². The number of carbonyl (C=O) groups is 7. The lowest BCUT2D eigenvalue weighted by Crippen LogP contribution is -2.60. The Morgan fingerprint density at radius 1 is 0.627 bits per heavy atom. The van der Waals surface area contributed by atoms with Crippen LogP contribution in [0.15, 0.2) is 0 Å². The number of carboxylic acid groups (broad SMARTS) is 2. The second-order valence-corrected chi connectivity index (χ2v) is 14.5. The molecule has 0 aliphatic heterocycles. The second-order valence-electron chi connectivity index (χ2n) is 14.5. The van der Waals surface area contributed by atoms with Crippen molar-refractivity contribution in [2.24, 2.45) is 29.4 Å². The molecule has 0 saturated heterocycles. The Labute approximate surface area is 303 Å². The van der Waals surface area contributed by atoms with Crippen molar-refractivity contribution in [3.8, 4) is 0 Å². The predicted octanol–water partition coefficient (Wildman–Crippen LogP) is 0.870. The average Bonchev–Trinajstić information content (AvgIpc) is 3.03. The van der Waals surface area contributed by atoms with Crippen LogP contribution in [0.4, 0.5) is 0 Å². The third kappa shape index (κ3) is 17.8. The number of amides is 5. The van der Waals surface area contributed by atoms with Crippen molar-refractivity contribution < 1.29 is 43.8 Å². The zero-order valence-electron chi connectivity index (χ0n) is 32.1. The van der Waals surface area contributed by atoms with Crippen LogP contribution in [0.1, 0.15) is 108 Å². The molecule has 0 aromatic rings. The summed E-state index contributed by atoms with van der Waals surface area (Å²) in [6.45, 7) is 18.2. The largest absolute Gasteiger partial charge is 0.481 e. The first-order valence-corrected chi connectivity index (χ1v) is 18.1. The Bertz CT molecular complexity index is 1160. The van der Waals surface area contributed by atoms with Gasteiger partial charge in [0.15, 0.2) is 0 Å². The summed E-state index contributed by atoms with van der Waals surface area (Å²) in [5.41, 5.74) is 5.87. The molecule has 0 aromatic carbocycles. The molecule has 0 aromatic heterocycles. The molecule has 5 amide bonds. The number of nitrogens with two attached hydrogens (primary N) is 1. The number of hydrogen-bond donors (Lipinski definition) is 9. The average molecular weight is 728 g/mol. The van der Waals surface area contributed by atoms with E-state index in [2.05, 4.69) is 31.9 Å². The van der Waals surface area contributed by atoms with Crippen LogP contribution in [0.3, 0.4) is 0 Å². The van der Waals surface area contributed by atoms with Gasteiger partial charge in [-0.1, -0.05) is 75.2 Å². The number of nitrogens with one attached hydrogen (secondary N) is 6. The fourth-order valence-electron chi connectivity index (χ4n) is 5.30. The normalized spacial score (nSPS) is 16.2. The topological polar surface area (TPSA) is 258 Å². The zero-order valence-corrected chi connectivity index (χ0v) is 32.1. The minimum absolute atomic E-state index is 0.0960. The van der Waals surface area contributed by atoms with E-state index in [0.717, 1.165) is 0 Å². The second kappa shape index (κ2) is 23.6. The summed E-state index contributed by atoms with van der Waals surface area (Å²) in [5, 5.41) is 35.0. The third-order valence-electron chi connectivity index (χ3n) is 8.62. The number of carbonyl (C=O) groups excluding carboxylic acids is 5. The summed E-state index contributed by atoms with van der Waals surface area (Å²) in [4.78, 5) is 88.4. The van der Waals surface area contributed by atoms with Crippen LogP contribution in [-0.2, 0) is 33.6 Å². The molecule has 0 bridgehead atoms. The van der Waals surface area contributed by atoms with Crippen LogP contribution in [0, 0.1) is 23.7 Å². The van der Waals surface area contributed by atoms with Crippen LogP contribution in [0.2, 0.25) is 0 Å². The van der Waals surface area contributed by atoms with Crippen molar-refractivity contribution in [1.29, 1.82) is 0 Å².